The lowest BCUT2D eigenvalue weighted by atomic mass is 9.92. The van der Waals surface area contributed by atoms with Gasteiger partial charge in [-0.15, -0.1) is 0 Å². The van der Waals surface area contributed by atoms with Crippen LogP contribution in [0, 0.1) is 6.92 Å². The second-order valence-electron chi connectivity index (χ2n) is 7.04. The van der Waals surface area contributed by atoms with Gasteiger partial charge in [-0.1, -0.05) is 6.92 Å². The van der Waals surface area contributed by atoms with Gasteiger partial charge in [0.05, 0.1) is 23.5 Å². The number of aromatic nitrogens is 3. The highest BCUT2D eigenvalue weighted by atomic mass is 16.8. The molecule has 7 heteroatoms. The number of aryl methyl sites for hydroxylation is 1. The Hall–Kier alpha value is -1.54. The van der Waals surface area contributed by atoms with Gasteiger partial charge in [0, 0.05) is 0 Å². The Balaban J connectivity index is 1.81. The summed E-state index contributed by atoms with van der Waals surface area (Å²) < 4.78 is 20.4. The van der Waals surface area contributed by atoms with Crippen molar-refractivity contribution < 1.29 is 19.3 Å². The summed E-state index contributed by atoms with van der Waals surface area (Å²) in [4.78, 5) is 4.23. The van der Waals surface area contributed by atoms with Crippen LogP contribution in [0.1, 0.15) is 44.7 Å². The fourth-order valence-corrected chi connectivity index (χ4v) is 3.85. The smallest absolute Gasteiger partial charge is 0.164 e. The van der Waals surface area contributed by atoms with Crippen molar-refractivity contribution in [2.24, 2.45) is 0 Å². The van der Waals surface area contributed by atoms with E-state index in [9.17, 15) is 5.11 Å². The van der Waals surface area contributed by atoms with Gasteiger partial charge < -0.3 is 19.3 Å². The van der Waals surface area contributed by atoms with Gasteiger partial charge in [-0.3, -0.25) is 0 Å². The van der Waals surface area contributed by atoms with Gasteiger partial charge in [-0.25, -0.2) is 9.50 Å². The zero-order valence-corrected chi connectivity index (χ0v) is 14.4. The van der Waals surface area contributed by atoms with Crippen LogP contribution in [0.25, 0.3) is 5.52 Å². The molecule has 0 aliphatic carbocycles. The van der Waals surface area contributed by atoms with Gasteiger partial charge in [-0.05, 0) is 39.3 Å². The molecule has 2 aliphatic heterocycles. The van der Waals surface area contributed by atoms with Crippen LogP contribution in [0.15, 0.2) is 18.5 Å². The Morgan fingerprint density at radius 2 is 2.04 bits per heavy atom. The molecule has 0 aromatic carbocycles. The molecule has 2 aromatic heterocycles. The third-order valence-corrected chi connectivity index (χ3v) is 5.14. The predicted molar refractivity (Wildman–Crippen MR) is 85.5 cm³/mol. The summed E-state index contributed by atoms with van der Waals surface area (Å²) in [6, 6.07) is 3.96. The van der Waals surface area contributed by atoms with E-state index in [0.717, 1.165) is 16.9 Å². The van der Waals surface area contributed by atoms with Gasteiger partial charge in [-0.2, -0.15) is 5.10 Å². The summed E-state index contributed by atoms with van der Waals surface area (Å²) in [5, 5.41) is 14.4. The van der Waals surface area contributed by atoms with E-state index in [2.05, 4.69) is 10.1 Å². The molecule has 0 unspecified atom stereocenters. The van der Waals surface area contributed by atoms with Gasteiger partial charge >= 0.3 is 0 Å². The van der Waals surface area contributed by atoms with Crippen molar-refractivity contribution in [3.8, 4) is 0 Å². The third kappa shape index (κ3) is 2.12. The molecule has 2 fully saturated rings. The molecule has 2 saturated heterocycles. The van der Waals surface area contributed by atoms with Crippen LogP contribution in [0.4, 0.5) is 0 Å². The lowest BCUT2D eigenvalue weighted by molar-refractivity contribution is -0.218. The highest BCUT2D eigenvalue weighted by Gasteiger charge is 2.62. The molecule has 0 saturated carbocycles. The fourth-order valence-electron chi connectivity index (χ4n) is 3.85. The highest BCUT2D eigenvalue weighted by molar-refractivity contribution is 5.52. The summed E-state index contributed by atoms with van der Waals surface area (Å²) in [6.45, 7) is 7.61. The van der Waals surface area contributed by atoms with Crippen molar-refractivity contribution >= 4 is 5.52 Å². The maximum absolute atomic E-state index is 10.0. The molecule has 1 N–H and O–H groups in total. The SMILES string of the molecule is CC[C@@]1(CO)O[C@@H](c2ccc3c(C)ncnn23)[C@@H]2OC(C)(C)O[C@@H]21. The van der Waals surface area contributed by atoms with Gasteiger partial charge in [0.15, 0.2) is 5.79 Å². The first-order valence-corrected chi connectivity index (χ1v) is 8.34. The minimum Gasteiger partial charge on any atom is -0.393 e. The number of aliphatic hydroxyl groups excluding tert-OH is 1. The predicted octanol–water partition coefficient (Wildman–Crippen LogP) is 1.77. The summed E-state index contributed by atoms with van der Waals surface area (Å²) >= 11 is 0. The van der Waals surface area contributed by atoms with E-state index < -0.39 is 11.4 Å². The standard InChI is InChI=1S/C17H23N3O4/c1-5-17(8-21)15-14(22-16(3,4)24-15)13(23-17)12-7-6-11-10(2)18-9-19-20(11)12/h6-7,9,13-15,21H,5,8H2,1-4H3/t13-,14-,15-,17-/m0/s1. The molecule has 24 heavy (non-hydrogen) atoms. The number of ether oxygens (including phenoxy) is 3. The Labute approximate surface area is 140 Å². The van der Waals surface area contributed by atoms with Crippen LogP contribution in [0.5, 0.6) is 0 Å². The third-order valence-electron chi connectivity index (χ3n) is 5.14. The Morgan fingerprint density at radius 1 is 1.25 bits per heavy atom. The summed E-state index contributed by atoms with van der Waals surface area (Å²) in [5.41, 5.74) is 1.95. The van der Waals surface area contributed by atoms with Crippen molar-refractivity contribution in [1.29, 1.82) is 0 Å². The Kier molecular flexibility index (Phi) is 3.47. The first kappa shape index (κ1) is 16.0. The molecule has 2 aliphatic rings. The molecule has 130 valence electrons. The van der Waals surface area contributed by atoms with E-state index in [1.54, 1.807) is 0 Å². The van der Waals surface area contributed by atoms with Crippen LogP contribution in [0.2, 0.25) is 0 Å². The largest absolute Gasteiger partial charge is 0.393 e. The van der Waals surface area contributed by atoms with Gasteiger partial charge in [0.1, 0.15) is 30.2 Å². The minimum atomic E-state index is -0.769. The maximum Gasteiger partial charge on any atom is 0.164 e. The van der Waals surface area contributed by atoms with E-state index in [1.807, 2.05) is 44.3 Å². The lowest BCUT2D eigenvalue weighted by Gasteiger charge is -2.32. The molecule has 2 aromatic rings. The van der Waals surface area contributed by atoms with E-state index >= 15 is 0 Å². The second kappa shape index (κ2) is 5.23. The number of rotatable bonds is 3. The number of hydrogen-bond donors (Lipinski definition) is 1. The summed E-state index contributed by atoms with van der Waals surface area (Å²) in [7, 11) is 0. The quantitative estimate of drug-likeness (QED) is 0.922. The monoisotopic (exact) mass is 333 g/mol. The zero-order chi connectivity index (χ0) is 17.1. The molecule has 0 bridgehead atoms. The highest BCUT2D eigenvalue weighted by Crippen LogP contribution is 2.51. The van der Waals surface area contributed by atoms with Crippen molar-refractivity contribution in [1.82, 2.24) is 14.6 Å². The average molecular weight is 333 g/mol. The molecular weight excluding hydrogens is 310 g/mol. The molecule has 7 nitrogen and oxygen atoms in total. The fraction of sp³-hybridized carbons (Fsp3) is 0.647. The van der Waals surface area contributed by atoms with Crippen LogP contribution >= 0.6 is 0 Å². The lowest BCUT2D eigenvalue weighted by Crippen LogP contribution is -2.45. The molecule has 4 heterocycles. The average Bonchev–Trinajstić information content (AvgIpc) is 3.18. The Morgan fingerprint density at radius 3 is 2.75 bits per heavy atom. The van der Waals surface area contributed by atoms with E-state index in [1.165, 1.54) is 6.33 Å². The van der Waals surface area contributed by atoms with Crippen molar-refractivity contribution in [3.05, 3.63) is 29.8 Å². The summed E-state index contributed by atoms with van der Waals surface area (Å²) in [6.07, 6.45) is 1.20. The molecular formula is C17H23N3O4. The topological polar surface area (TPSA) is 78.1 Å². The van der Waals surface area contributed by atoms with Crippen LogP contribution < -0.4 is 0 Å². The van der Waals surface area contributed by atoms with Crippen LogP contribution in [0.3, 0.4) is 0 Å². The molecule has 4 atom stereocenters. The van der Waals surface area contributed by atoms with Gasteiger partial charge in [0.2, 0.25) is 0 Å². The minimum absolute atomic E-state index is 0.113. The van der Waals surface area contributed by atoms with E-state index in [-0.39, 0.29) is 24.9 Å². The van der Waals surface area contributed by atoms with Crippen molar-refractivity contribution in [3.63, 3.8) is 0 Å². The number of fused-ring (bicyclic) bond motifs is 2. The first-order valence-electron chi connectivity index (χ1n) is 8.34. The van der Waals surface area contributed by atoms with Crippen LogP contribution in [-0.2, 0) is 14.2 Å². The Bertz CT molecular complexity index is 768. The molecule has 0 amide bonds. The number of hydrogen-bond acceptors (Lipinski definition) is 6. The first-order chi connectivity index (χ1) is 11.4. The molecule has 0 spiro atoms. The zero-order valence-electron chi connectivity index (χ0n) is 14.4. The maximum atomic E-state index is 10.0. The van der Waals surface area contributed by atoms with Gasteiger partial charge in [0.25, 0.3) is 0 Å². The van der Waals surface area contributed by atoms with Crippen LogP contribution in [-0.4, -0.2) is 49.9 Å². The number of aliphatic hydroxyl groups is 1. The second-order valence-corrected chi connectivity index (χ2v) is 7.04. The van der Waals surface area contributed by atoms with Crippen molar-refractivity contribution in [2.75, 3.05) is 6.61 Å². The summed E-state index contributed by atoms with van der Waals surface area (Å²) in [5.74, 6) is -0.703. The van der Waals surface area contributed by atoms with E-state index in [0.29, 0.717) is 6.42 Å². The molecule has 4 rings (SSSR count). The normalized spacial score (nSPS) is 34.8. The van der Waals surface area contributed by atoms with Crippen molar-refractivity contribution in [2.45, 2.75) is 63.8 Å². The molecule has 0 radical (unpaired) electrons. The number of nitrogens with zero attached hydrogens (tertiary/aromatic N) is 3. The van der Waals surface area contributed by atoms with E-state index in [4.69, 9.17) is 14.2 Å².